The lowest BCUT2D eigenvalue weighted by Gasteiger charge is -2.38. The number of hydrogen-bond acceptors (Lipinski definition) is 4. The monoisotopic (exact) mass is 268 g/mol. The van der Waals surface area contributed by atoms with Crippen LogP contribution in [0.2, 0.25) is 0 Å². The van der Waals surface area contributed by atoms with Gasteiger partial charge in [-0.1, -0.05) is 6.92 Å². The number of carbonyl (C=O) groups is 2. The lowest BCUT2D eigenvalue weighted by molar-refractivity contribution is -0.143. The summed E-state index contributed by atoms with van der Waals surface area (Å²) in [5, 5.41) is 0. The van der Waals surface area contributed by atoms with Crippen molar-refractivity contribution in [1.82, 2.24) is 9.80 Å². The standard InChI is InChI=1S/C14H24N2O3/c1-3-12-10-16(5-4-13(12)17)11(2)14(18)15-6-8-19-9-7-15/h11-12H,3-10H2,1-2H3. The summed E-state index contributed by atoms with van der Waals surface area (Å²) in [5.74, 6) is 0.631. The molecule has 108 valence electrons. The van der Waals surface area contributed by atoms with Crippen LogP contribution in [0.15, 0.2) is 0 Å². The molecule has 2 heterocycles. The fraction of sp³-hybridized carbons (Fsp3) is 0.857. The molecule has 0 aromatic heterocycles. The maximum absolute atomic E-state index is 12.4. The fourth-order valence-corrected chi connectivity index (χ4v) is 2.85. The summed E-state index contributed by atoms with van der Waals surface area (Å²) >= 11 is 0. The van der Waals surface area contributed by atoms with Crippen molar-refractivity contribution in [2.24, 2.45) is 5.92 Å². The van der Waals surface area contributed by atoms with Gasteiger partial charge in [0.2, 0.25) is 5.91 Å². The number of piperidine rings is 1. The number of rotatable bonds is 3. The minimum absolute atomic E-state index is 0.105. The zero-order valence-corrected chi connectivity index (χ0v) is 11.9. The molecule has 5 heteroatoms. The third-order valence-electron chi connectivity index (χ3n) is 4.28. The van der Waals surface area contributed by atoms with Crippen molar-refractivity contribution in [2.75, 3.05) is 39.4 Å². The van der Waals surface area contributed by atoms with Crippen LogP contribution in [-0.4, -0.2) is 66.9 Å². The smallest absolute Gasteiger partial charge is 0.239 e. The van der Waals surface area contributed by atoms with Crippen molar-refractivity contribution >= 4 is 11.7 Å². The van der Waals surface area contributed by atoms with Gasteiger partial charge in [0.15, 0.2) is 0 Å². The average molecular weight is 268 g/mol. The van der Waals surface area contributed by atoms with E-state index in [0.29, 0.717) is 45.1 Å². The Bertz CT molecular complexity index is 340. The van der Waals surface area contributed by atoms with Crippen molar-refractivity contribution in [2.45, 2.75) is 32.7 Å². The number of hydrogen-bond donors (Lipinski definition) is 0. The van der Waals surface area contributed by atoms with E-state index >= 15 is 0 Å². The van der Waals surface area contributed by atoms with E-state index in [1.165, 1.54) is 0 Å². The van der Waals surface area contributed by atoms with Crippen molar-refractivity contribution in [1.29, 1.82) is 0 Å². The van der Waals surface area contributed by atoms with E-state index in [4.69, 9.17) is 4.74 Å². The SMILES string of the molecule is CCC1CN(C(C)C(=O)N2CCOCC2)CCC1=O. The zero-order valence-electron chi connectivity index (χ0n) is 11.9. The summed E-state index contributed by atoms with van der Waals surface area (Å²) in [6, 6.07) is -0.125. The number of likely N-dealkylation sites (tertiary alicyclic amines) is 1. The Morgan fingerprint density at radius 2 is 2.05 bits per heavy atom. The van der Waals surface area contributed by atoms with E-state index in [1.54, 1.807) is 0 Å². The number of Topliss-reactive ketones (excluding diaryl/α,β-unsaturated/α-hetero) is 1. The molecule has 0 aromatic rings. The first-order valence-electron chi connectivity index (χ1n) is 7.26. The molecular weight excluding hydrogens is 244 g/mol. The first-order valence-corrected chi connectivity index (χ1v) is 7.26. The highest BCUT2D eigenvalue weighted by molar-refractivity contribution is 5.84. The molecule has 0 radical (unpaired) electrons. The Hall–Kier alpha value is -0.940. The van der Waals surface area contributed by atoms with Gasteiger partial charge in [-0.05, 0) is 13.3 Å². The maximum Gasteiger partial charge on any atom is 0.239 e. The molecular formula is C14H24N2O3. The van der Waals surface area contributed by atoms with Gasteiger partial charge in [-0.15, -0.1) is 0 Å². The van der Waals surface area contributed by atoms with Gasteiger partial charge in [0.1, 0.15) is 5.78 Å². The summed E-state index contributed by atoms with van der Waals surface area (Å²) in [4.78, 5) is 28.2. The van der Waals surface area contributed by atoms with Gasteiger partial charge in [0, 0.05) is 38.5 Å². The highest BCUT2D eigenvalue weighted by atomic mass is 16.5. The molecule has 2 aliphatic heterocycles. The predicted octanol–water partition coefficient (Wildman–Crippen LogP) is 0.535. The Morgan fingerprint density at radius 3 is 2.68 bits per heavy atom. The second-order valence-corrected chi connectivity index (χ2v) is 5.43. The van der Waals surface area contributed by atoms with E-state index in [0.717, 1.165) is 13.0 Å². The molecule has 0 aliphatic carbocycles. The van der Waals surface area contributed by atoms with E-state index in [-0.39, 0.29) is 17.9 Å². The molecule has 0 bridgehead atoms. The number of amides is 1. The Morgan fingerprint density at radius 1 is 1.37 bits per heavy atom. The molecule has 2 rings (SSSR count). The second kappa shape index (κ2) is 6.48. The molecule has 5 nitrogen and oxygen atoms in total. The molecule has 2 fully saturated rings. The van der Waals surface area contributed by atoms with Gasteiger partial charge in [0.25, 0.3) is 0 Å². The van der Waals surface area contributed by atoms with Crippen LogP contribution in [0, 0.1) is 5.92 Å². The summed E-state index contributed by atoms with van der Waals surface area (Å²) in [6.07, 6.45) is 1.45. The third kappa shape index (κ3) is 3.34. The quantitative estimate of drug-likeness (QED) is 0.749. The first-order chi connectivity index (χ1) is 9.13. The van der Waals surface area contributed by atoms with Crippen LogP contribution in [0.3, 0.4) is 0 Å². The normalized spacial score (nSPS) is 27.4. The Balaban J connectivity index is 1.93. The third-order valence-corrected chi connectivity index (χ3v) is 4.28. The number of nitrogens with zero attached hydrogens (tertiary/aromatic N) is 2. The molecule has 0 aromatic carbocycles. The van der Waals surface area contributed by atoms with Crippen LogP contribution in [0.4, 0.5) is 0 Å². The van der Waals surface area contributed by atoms with Crippen LogP contribution in [0.1, 0.15) is 26.7 Å². The lowest BCUT2D eigenvalue weighted by Crippen LogP contribution is -2.54. The molecule has 0 saturated carbocycles. The number of carbonyl (C=O) groups excluding carboxylic acids is 2. The van der Waals surface area contributed by atoms with Crippen molar-refractivity contribution in [3.05, 3.63) is 0 Å². The van der Waals surface area contributed by atoms with Crippen LogP contribution in [-0.2, 0) is 14.3 Å². The molecule has 2 saturated heterocycles. The highest BCUT2D eigenvalue weighted by Gasteiger charge is 2.33. The van der Waals surface area contributed by atoms with Crippen molar-refractivity contribution < 1.29 is 14.3 Å². The Labute approximate surface area is 114 Å². The van der Waals surface area contributed by atoms with E-state index in [9.17, 15) is 9.59 Å². The first kappa shape index (κ1) is 14.5. The van der Waals surface area contributed by atoms with E-state index < -0.39 is 0 Å². The molecule has 2 unspecified atom stereocenters. The van der Waals surface area contributed by atoms with Crippen LogP contribution in [0.25, 0.3) is 0 Å². The van der Waals surface area contributed by atoms with Gasteiger partial charge in [-0.3, -0.25) is 14.5 Å². The summed E-state index contributed by atoms with van der Waals surface area (Å²) in [5.41, 5.74) is 0. The van der Waals surface area contributed by atoms with Gasteiger partial charge in [0.05, 0.1) is 19.3 Å². The maximum atomic E-state index is 12.4. The molecule has 19 heavy (non-hydrogen) atoms. The van der Waals surface area contributed by atoms with Gasteiger partial charge in [-0.25, -0.2) is 0 Å². The lowest BCUT2D eigenvalue weighted by atomic mass is 9.93. The number of ether oxygens (including phenoxy) is 1. The molecule has 0 spiro atoms. The molecule has 2 aliphatic rings. The van der Waals surface area contributed by atoms with Crippen LogP contribution < -0.4 is 0 Å². The largest absolute Gasteiger partial charge is 0.378 e. The topological polar surface area (TPSA) is 49.9 Å². The minimum Gasteiger partial charge on any atom is -0.378 e. The molecule has 2 atom stereocenters. The Kier molecular flexibility index (Phi) is 4.93. The van der Waals surface area contributed by atoms with Gasteiger partial charge < -0.3 is 9.64 Å². The zero-order chi connectivity index (χ0) is 13.8. The van der Waals surface area contributed by atoms with Crippen molar-refractivity contribution in [3.8, 4) is 0 Å². The van der Waals surface area contributed by atoms with E-state index in [2.05, 4.69) is 4.90 Å². The van der Waals surface area contributed by atoms with Crippen LogP contribution in [0.5, 0.6) is 0 Å². The van der Waals surface area contributed by atoms with Crippen LogP contribution >= 0.6 is 0 Å². The summed E-state index contributed by atoms with van der Waals surface area (Å²) in [7, 11) is 0. The average Bonchev–Trinajstić information content (AvgIpc) is 2.47. The number of morpholine rings is 1. The molecule has 1 amide bonds. The fourth-order valence-electron chi connectivity index (χ4n) is 2.85. The van der Waals surface area contributed by atoms with E-state index in [1.807, 2.05) is 18.7 Å². The summed E-state index contributed by atoms with van der Waals surface area (Å²) in [6.45, 7) is 8.09. The molecule has 0 N–H and O–H groups in total. The summed E-state index contributed by atoms with van der Waals surface area (Å²) < 4.78 is 5.27. The predicted molar refractivity (Wildman–Crippen MR) is 71.8 cm³/mol. The van der Waals surface area contributed by atoms with Gasteiger partial charge >= 0.3 is 0 Å². The number of ketones is 1. The highest BCUT2D eigenvalue weighted by Crippen LogP contribution is 2.19. The second-order valence-electron chi connectivity index (χ2n) is 5.43. The van der Waals surface area contributed by atoms with Gasteiger partial charge in [-0.2, -0.15) is 0 Å². The van der Waals surface area contributed by atoms with Crippen molar-refractivity contribution in [3.63, 3.8) is 0 Å². The minimum atomic E-state index is -0.125.